The molecule has 3 aromatic rings. The lowest BCUT2D eigenvalue weighted by Gasteiger charge is -2.42. The van der Waals surface area contributed by atoms with Gasteiger partial charge in [0.1, 0.15) is 15.9 Å². The van der Waals surface area contributed by atoms with Crippen LogP contribution in [0.5, 0.6) is 0 Å². The molecule has 1 aliphatic heterocycles. The average molecular weight is 448 g/mol. The summed E-state index contributed by atoms with van der Waals surface area (Å²) < 4.78 is 0. The number of hydrogen-bond acceptors (Lipinski definition) is 8. The van der Waals surface area contributed by atoms with Crippen LogP contribution < -0.4 is 16.4 Å². The van der Waals surface area contributed by atoms with E-state index in [0.29, 0.717) is 10.8 Å². The van der Waals surface area contributed by atoms with Crippen molar-refractivity contribution in [2.45, 2.75) is 55.6 Å². The molecule has 5 rings (SSSR count). The SMILES string of the molecule is CCc1nccc(Sc2nc(C)c(N3CCC4(CC3)Cc3ccccc3[C@H]4N)nc2N)n1. The summed E-state index contributed by atoms with van der Waals surface area (Å²) in [4.78, 5) is 20.6. The van der Waals surface area contributed by atoms with E-state index in [1.165, 1.54) is 22.9 Å². The number of fused-ring (bicyclic) bond motifs is 1. The zero-order chi connectivity index (χ0) is 22.3. The highest BCUT2D eigenvalue weighted by molar-refractivity contribution is 7.99. The van der Waals surface area contributed by atoms with Crippen LogP contribution in [0.2, 0.25) is 0 Å². The number of benzene rings is 1. The molecule has 7 nitrogen and oxygen atoms in total. The Morgan fingerprint density at radius 2 is 1.91 bits per heavy atom. The largest absolute Gasteiger partial charge is 0.381 e. The maximum absolute atomic E-state index is 6.73. The Labute approximate surface area is 193 Å². The van der Waals surface area contributed by atoms with Crippen molar-refractivity contribution in [2.24, 2.45) is 11.1 Å². The van der Waals surface area contributed by atoms with E-state index >= 15 is 0 Å². The number of hydrogen-bond donors (Lipinski definition) is 2. The second kappa shape index (κ2) is 8.33. The summed E-state index contributed by atoms with van der Waals surface area (Å²) in [5.74, 6) is 2.13. The number of nitrogens with zero attached hydrogens (tertiary/aromatic N) is 5. The van der Waals surface area contributed by atoms with Crippen molar-refractivity contribution in [1.82, 2.24) is 19.9 Å². The predicted octanol–water partition coefficient (Wildman–Crippen LogP) is 3.71. The predicted molar refractivity (Wildman–Crippen MR) is 128 cm³/mol. The first-order valence-electron chi connectivity index (χ1n) is 11.2. The van der Waals surface area contributed by atoms with Crippen molar-refractivity contribution in [3.8, 4) is 0 Å². The monoisotopic (exact) mass is 447 g/mol. The van der Waals surface area contributed by atoms with Crippen LogP contribution >= 0.6 is 11.8 Å². The fourth-order valence-corrected chi connectivity index (χ4v) is 5.86. The maximum atomic E-state index is 6.73. The van der Waals surface area contributed by atoms with E-state index in [4.69, 9.17) is 21.4 Å². The number of aryl methyl sites for hydroxylation is 2. The molecule has 1 spiro atoms. The van der Waals surface area contributed by atoms with E-state index in [2.05, 4.69) is 39.1 Å². The lowest BCUT2D eigenvalue weighted by molar-refractivity contribution is 0.187. The molecule has 0 amide bonds. The lowest BCUT2D eigenvalue weighted by atomic mass is 9.73. The van der Waals surface area contributed by atoms with Gasteiger partial charge in [-0.15, -0.1) is 0 Å². The van der Waals surface area contributed by atoms with Crippen LogP contribution in [0.25, 0.3) is 0 Å². The van der Waals surface area contributed by atoms with Crippen LogP contribution in [0, 0.1) is 12.3 Å². The number of nitrogens with two attached hydrogens (primary N) is 2. The molecule has 0 bridgehead atoms. The Morgan fingerprint density at radius 3 is 2.66 bits per heavy atom. The fourth-order valence-electron chi connectivity index (χ4n) is 5.05. The van der Waals surface area contributed by atoms with Crippen LogP contribution in [0.3, 0.4) is 0 Å². The maximum Gasteiger partial charge on any atom is 0.158 e. The standard InChI is InChI=1S/C24H29N7S/c1-3-18-27-11-8-19(29-18)32-23-21(26)30-22(15(2)28-23)31-12-9-24(10-13-31)14-16-6-4-5-7-17(16)20(24)25/h4-8,11,20H,3,9-10,12-14,25H2,1-2H3,(H2,26,30)/t20-/m1/s1. The van der Waals surface area contributed by atoms with Crippen LogP contribution in [0.1, 0.15) is 48.5 Å². The Bertz CT molecular complexity index is 1140. The first-order valence-corrected chi connectivity index (χ1v) is 12.0. The molecule has 4 N–H and O–H groups in total. The first-order chi connectivity index (χ1) is 15.5. The van der Waals surface area contributed by atoms with Crippen LogP contribution in [-0.4, -0.2) is 33.0 Å². The summed E-state index contributed by atoms with van der Waals surface area (Å²) in [6.07, 6.45) is 5.72. The zero-order valence-electron chi connectivity index (χ0n) is 18.6. The zero-order valence-corrected chi connectivity index (χ0v) is 19.4. The molecular weight excluding hydrogens is 418 g/mol. The third kappa shape index (κ3) is 3.71. The fraction of sp³-hybridized carbons (Fsp3) is 0.417. The van der Waals surface area contributed by atoms with Gasteiger partial charge in [-0.3, -0.25) is 0 Å². The van der Waals surface area contributed by atoms with Gasteiger partial charge in [-0.2, -0.15) is 0 Å². The van der Waals surface area contributed by atoms with Crippen molar-refractivity contribution in [1.29, 1.82) is 0 Å². The molecule has 32 heavy (non-hydrogen) atoms. The van der Waals surface area contributed by atoms with Gasteiger partial charge in [0.2, 0.25) is 0 Å². The number of nitrogen functional groups attached to an aromatic ring is 1. The van der Waals surface area contributed by atoms with Gasteiger partial charge < -0.3 is 16.4 Å². The highest BCUT2D eigenvalue weighted by atomic mass is 32.2. The molecule has 1 aromatic carbocycles. The summed E-state index contributed by atoms with van der Waals surface area (Å²) in [5, 5.41) is 1.52. The molecule has 0 radical (unpaired) electrons. The van der Waals surface area contributed by atoms with Gasteiger partial charge in [-0.1, -0.05) is 31.2 Å². The second-order valence-corrected chi connectivity index (χ2v) is 9.80. The Balaban J connectivity index is 1.32. The molecule has 166 valence electrons. The van der Waals surface area contributed by atoms with E-state index in [0.717, 1.165) is 61.1 Å². The topological polar surface area (TPSA) is 107 Å². The van der Waals surface area contributed by atoms with Gasteiger partial charge in [0.05, 0.1) is 5.69 Å². The van der Waals surface area contributed by atoms with E-state index in [-0.39, 0.29) is 11.5 Å². The molecule has 3 heterocycles. The van der Waals surface area contributed by atoms with Crippen molar-refractivity contribution in [2.75, 3.05) is 23.7 Å². The Kier molecular flexibility index (Phi) is 5.51. The minimum absolute atomic E-state index is 0.109. The molecule has 8 heteroatoms. The number of anilines is 2. The highest BCUT2D eigenvalue weighted by Gasteiger charge is 2.46. The van der Waals surface area contributed by atoms with Gasteiger partial charge in [-0.05, 0) is 60.6 Å². The van der Waals surface area contributed by atoms with Crippen molar-refractivity contribution < 1.29 is 0 Å². The third-order valence-corrected chi connectivity index (χ3v) is 7.82. The van der Waals surface area contributed by atoms with Crippen LogP contribution in [0.4, 0.5) is 11.6 Å². The van der Waals surface area contributed by atoms with Crippen LogP contribution in [-0.2, 0) is 12.8 Å². The summed E-state index contributed by atoms with van der Waals surface area (Å²) in [6.45, 7) is 5.87. The number of piperidine rings is 1. The van der Waals surface area contributed by atoms with Crippen molar-refractivity contribution >= 4 is 23.4 Å². The Hall–Kier alpha value is -2.71. The van der Waals surface area contributed by atoms with E-state index in [1.807, 2.05) is 19.9 Å². The second-order valence-electron chi connectivity index (χ2n) is 8.79. The van der Waals surface area contributed by atoms with Gasteiger partial charge in [0, 0.05) is 31.7 Å². The molecular formula is C24H29N7S. The van der Waals surface area contributed by atoms with Gasteiger partial charge in [0.25, 0.3) is 0 Å². The normalized spacial score (nSPS) is 19.3. The minimum atomic E-state index is 0.109. The quantitative estimate of drug-likeness (QED) is 0.583. The van der Waals surface area contributed by atoms with E-state index in [1.54, 1.807) is 6.20 Å². The molecule has 1 atom stereocenters. The first kappa shape index (κ1) is 21.2. The summed E-state index contributed by atoms with van der Waals surface area (Å²) in [5.41, 5.74) is 16.8. The van der Waals surface area contributed by atoms with Crippen molar-refractivity contribution in [3.05, 3.63) is 59.2 Å². The molecule has 0 unspecified atom stereocenters. The van der Waals surface area contributed by atoms with Gasteiger partial charge in [-0.25, -0.2) is 19.9 Å². The summed E-state index contributed by atoms with van der Waals surface area (Å²) >= 11 is 1.44. The summed E-state index contributed by atoms with van der Waals surface area (Å²) in [6, 6.07) is 10.6. The van der Waals surface area contributed by atoms with Crippen molar-refractivity contribution in [3.63, 3.8) is 0 Å². The number of aromatic nitrogens is 4. The number of rotatable bonds is 4. The smallest absolute Gasteiger partial charge is 0.158 e. The molecule has 1 fully saturated rings. The van der Waals surface area contributed by atoms with E-state index < -0.39 is 0 Å². The summed E-state index contributed by atoms with van der Waals surface area (Å²) in [7, 11) is 0. The average Bonchev–Trinajstić information content (AvgIpc) is 3.08. The molecule has 1 saturated heterocycles. The molecule has 0 saturated carbocycles. The van der Waals surface area contributed by atoms with Gasteiger partial charge >= 0.3 is 0 Å². The highest BCUT2D eigenvalue weighted by Crippen LogP contribution is 2.51. The third-order valence-electron chi connectivity index (χ3n) is 6.89. The van der Waals surface area contributed by atoms with Gasteiger partial charge in [0.15, 0.2) is 11.6 Å². The molecule has 1 aliphatic carbocycles. The molecule has 2 aromatic heterocycles. The van der Waals surface area contributed by atoms with E-state index in [9.17, 15) is 0 Å². The molecule has 2 aliphatic rings. The Morgan fingerprint density at radius 1 is 1.12 bits per heavy atom. The van der Waals surface area contributed by atoms with Crippen LogP contribution in [0.15, 0.2) is 46.6 Å². The minimum Gasteiger partial charge on any atom is -0.381 e. The lowest BCUT2D eigenvalue weighted by Crippen LogP contribution is -2.45.